The zero-order chi connectivity index (χ0) is 4.50. The van der Waals surface area contributed by atoms with Gasteiger partial charge in [-0.15, -0.1) is 0 Å². The van der Waals surface area contributed by atoms with Crippen LogP contribution in [-0.4, -0.2) is 45.2 Å². The summed E-state index contributed by atoms with van der Waals surface area (Å²) in [6.45, 7) is 0. The molecule has 0 aliphatic carbocycles. The molecule has 0 saturated heterocycles. The van der Waals surface area contributed by atoms with E-state index in [9.17, 15) is 0 Å². The maximum absolute atomic E-state index is 8.85. The molecule has 0 rings (SSSR count). The molecule has 0 aromatic rings. The van der Waals surface area contributed by atoms with Gasteiger partial charge in [0.25, 0.3) is 0 Å². The Balaban J connectivity index is -0.0000000800. The molecule has 0 unspecified atom stereocenters. The fourth-order valence-electron chi connectivity index (χ4n) is 0. The van der Waals surface area contributed by atoms with Crippen molar-refractivity contribution in [3.8, 4) is 0 Å². The molecule has 7 heavy (non-hydrogen) atoms. The molecule has 0 heterocycles. The number of rotatable bonds is 0. The second kappa shape index (κ2) is 5.54. The van der Waals surface area contributed by atoms with Crippen LogP contribution in [0.3, 0.4) is 0 Å². The third kappa shape index (κ3) is 110. The predicted octanol–water partition coefficient (Wildman–Crippen LogP) is -2.12. The van der Waals surface area contributed by atoms with Crippen LogP contribution in [0.5, 0.6) is 0 Å². The van der Waals surface area contributed by atoms with E-state index in [1.54, 1.807) is 0 Å². The van der Waals surface area contributed by atoms with E-state index >= 15 is 0 Å². The zero-order valence-corrected chi connectivity index (χ0v) is 6.13. The molecule has 34 valence electrons. The van der Waals surface area contributed by atoms with E-state index in [1.165, 1.54) is 0 Å². The molecular formula is H2Li2MoO4. The Morgan fingerprint density at radius 3 is 1.00 bits per heavy atom. The summed E-state index contributed by atoms with van der Waals surface area (Å²) in [4.78, 5) is 0. The van der Waals surface area contributed by atoms with Gasteiger partial charge >= 0.3 is 31.1 Å². The van der Waals surface area contributed by atoms with Crippen molar-refractivity contribution in [3.05, 3.63) is 0 Å². The number of hydrogen-bond acceptors (Lipinski definition) is 2. The Morgan fingerprint density at radius 2 is 1.00 bits per heavy atom. The Bertz CT molecular complexity index is 92.9. The van der Waals surface area contributed by atoms with Crippen molar-refractivity contribution in [1.29, 1.82) is 0 Å². The van der Waals surface area contributed by atoms with E-state index in [0.717, 1.165) is 0 Å². The first kappa shape index (κ1) is 15.8. The minimum atomic E-state index is -5.52. The Morgan fingerprint density at radius 1 is 1.00 bits per heavy atom. The minimum absolute atomic E-state index is 0. The summed E-state index contributed by atoms with van der Waals surface area (Å²) < 4.78 is 32.0. The molecule has 0 aliphatic rings. The molecule has 0 bridgehead atoms. The summed E-state index contributed by atoms with van der Waals surface area (Å²) in [7, 11) is 0. The molecule has 0 fully saturated rings. The average Bonchev–Trinajstić information content (AvgIpc) is 0.722. The van der Waals surface area contributed by atoms with Gasteiger partial charge in [0.05, 0.1) is 0 Å². The van der Waals surface area contributed by atoms with Gasteiger partial charge in [-0.25, -0.2) is 0 Å². The van der Waals surface area contributed by atoms with E-state index in [4.69, 9.17) is 14.3 Å². The van der Waals surface area contributed by atoms with E-state index in [1.807, 2.05) is 0 Å². The van der Waals surface area contributed by atoms with Gasteiger partial charge in [0.2, 0.25) is 0 Å². The third-order valence-electron chi connectivity index (χ3n) is 0. The van der Waals surface area contributed by atoms with Crippen LogP contribution in [0.15, 0.2) is 0 Å². The maximum atomic E-state index is 8.85. The van der Waals surface area contributed by atoms with Crippen LogP contribution in [0, 0.1) is 0 Å². The van der Waals surface area contributed by atoms with E-state index in [-0.39, 0.29) is 37.7 Å². The standard InChI is InChI=1S/2Li.Mo.2H2O.2O/h;;;2*1H2;;/q;;+2;;;;/p-2. The Hall–Kier alpha value is 1.40. The summed E-state index contributed by atoms with van der Waals surface area (Å²) in [5.41, 5.74) is 0. The van der Waals surface area contributed by atoms with Crippen LogP contribution < -0.4 is 0 Å². The van der Waals surface area contributed by atoms with E-state index < -0.39 is 16.7 Å². The molecule has 0 atom stereocenters. The van der Waals surface area contributed by atoms with Crippen molar-refractivity contribution >= 4 is 37.7 Å². The van der Waals surface area contributed by atoms with Crippen LogP contribution in [0.4, 0.5) is 0 Å². The SMILES string of the molecule is [Li].[Li].[O]=[Mo](=[O])([OH])[OH]. The molecule has 0 amide bonds. The molecule has 0 aromatic heterocycles. The summed E-state index contributed by atoms with van der Waals surface area (Å²) in [6, 6.07) is 0. The van der Waals surface area contributed by atoms with Gasteiger partial charge in [-0.1, -0.05) is 0 Å². The van der Waals surface area contributed by atoms with Crippen LogP contribution in [0.2, 0.25) is 0 Å². The van der Waals surface area contributed by atoms with Crippen molar-refractivity contribution in [3.63, 3.8) is 0 Å². The van der Waals surface area contributed by atoms with Gasteiger partial charge in [-0.3, -0.25) is 0 Å². The molecule has 7 heteroatoms. The molecule has 0 aliphatic heterocycles. The molecule has 0 saturated carbocycles. The van der Waals surface area contributed by atoms with Gasteiger partial charge in [0.1, 0.15) is 0 Å². The summed E-state index contributed by atoms with van der Waals surface area (Å²) in [5.74, 6) is 0. The first-order valence-electron chi connectivity index (χ1n) is 0.698. The van der Waals surface area contributed by atoms with E-state index in [2.05, 4.69) is 0 Å². The fraction of sp³-hybridized carbons (Fsp3) is 0. The normalized spacial score (nSPS) is 8.29. The van der Waals surface area contributed by atoms with Crippen LogP contribution in [0.25, 0.3) is 0 Å². The monoisotopic (exact) mass is 178 g/mol. The van der Waals surface area contributed by atoms with Crippen molar-refractivity contribution in [2.24, 2.45) is 0 Å². The van der Waals surface area contributed by atoms with Crippen molar-refractivity contribution < 1.29 is 31.1 Å². The van der Waals surface area contributed by atoms with Gasteiger partial charge < -0.3 is 0 Å². The molecule has 4 nitrogen and oxygen atoms in total. The quantitative estimate of drug-likeness (QED) is 0.414. The van der Waals surface area contributed by atoms with Crippen LogP contribution in [-0.2, 0) is 23.5 Å². The fourth-order valence-corrected chi connectivity index (χ4v) is 0. The Labute approximate surface area is 68.4 Å². The summed E-state index contributed by atoms with van der Waals surface area (Å²) in [5, 5.41) is 0. The first-order valence-corrected chi connectivity index (χ1v) is 4.13. The first-order chi connectivity index (χ1) is 2.00. The molecule has 0 spiro atoms. The summed E-state index contributed by atoms with van der Waals surface area (Å²) in [6.07, 6.45) is 0. The van der Waals surface area contributed by atoms with Gasteiger partial charge in [0.15, 0.2) is 0 Å². The molecule has 0 aromatic carbocycles. The van der Waals surface area contributed by atoms with Gasteiger partial charge in [-0.2, -0.15) is 0 Å². The molecule has 2 radical (unpaired) electrons. The third-order valence-corrected chi connectivity index (χ3v) is 0. The second-order valence-electron chi connectivity index (χ2n) is 0.448. The molecule has 2 N–H and O–H groups in total. The zero-order valence-electron chi connectivity index (χ0n) is 4.12. The topological polar surface area (TPSA) is 74.6 Å². The summed E-state index contributed by atoms with van der Waals surface area (Å²) >= 11 is -5.52. The van der Waals surface area contributed by atoms with Gasteiger partial charge in [0, 0.05) is 37.7 Å². The van der Waals surface area contributed by atoms with Crippen LogP contribution >= 0.6 is 0 Å². The van der Waals surface area contributed by atoms with E-state index in [0.29, 0.717) is 0 Å². The van der Waals surface area contributed by atoms with Crippen molar-refractivity contribution in [1.82, 2.24) is 0 Å². The molecular weight excluding hydrogens is 174 g/mol. The number of hydrogen-bond donors (Lipinski definition) is 2. The predicted molar refractivity (Wildman–Crippen MR) is 17.3 cm³/mol. The van der Waals surface area contributed by atoms with Gasteiger partial charge in [-0.05, 0) is 0 Å². The van der Waals surface area contributed by atoms with Crippen molar-refractivity contribution in [2.45, 2.75) is 0 Å². The second-order valence-corrected chi connectivity index (χ2v) is 2.65. The Kier molecular flexibility index (Phi) is 12.5. The van der Waals surface area contributed by atoms with Crippen molar-refractivity contribution in [2.75, 3.05) is 0 Å². The van der Waals surface area contributed by atoms with Crippen LogP contribution in [0.1, 0.15) is 0 Å². The average molecular weight is 176 g/mol.